The van der Waals surface area contributed by atoms with Gasteiger partial charge in [0.15, 0.2) is 0 Å². The second-order valence-corrected chi connectivity index (χ2v) is 6.83. The number of amides is 2. The van der Waals surface area contributed by atoms with Crippen LogP contribution in [0.2, 0.25) is 0 Å². The number of halogens is 4. The van der Waals surface area contributed by atoms with Crippen molar-refractivity contribution in [2.75, 3.05) is 16.8 Å². The van der Waals surface area contributed by atoms with Gasteiger partial charge < -0.3 is 10.2 Å². The molecule has 0 saturated carbocycles. The monoisotopic (exact) mass is 426 g/mol. The van der Waals surface area contributed by atoms with Gasteiger partial charge in [0, 0.05) is 23.1 Å². The molecule has 0 bridgehead atoms. The Morgan fingerprint density at radius 3 is 2.42 bits per heavy atom. The average molecular weight is 427 g/mol. The van der Waals surface area contributed by atoms with E-state index in [2.05, 4.69) is 21.2 Å². The van der Waals surface area contributed by atoms with Gasteiger partial charge in [-0.1, -0.05) is 28.1 Å². The van der Waals surface area contributed by atoms with E-state index >= 15 is 0 Å². The summed E-state index contributed by atoms with van der Waals surface area (Å²) in [5, 5.41) is 2.32. The number of para-hydroxylation sites is 1. The highest BCUT2D eigenvalue weighted by Crippen LogP contribution is 2.35. The molecule has 1 fully saturated rings. The Morgan fingerprint density at radius 2 is 1.77 bits per heavy atom. The molecule has 1 heterocycles. The van der Waals surface area contributed by atoms with Crippen molar-refractivity contribution in [3.63, 3.8) is 0 Å². The molecule has 2 aromatic carbocycles. The van der Waals surface area contributed by atoms with Gasteiger partial charge in [-0.05, 0) is 36.4 Å². The van der Waals surface area contributed by atoms with Crippen LogP contribution in [0.15, 0.2) is 53.0 Å². The number of rotatable bonds is 3. The standard InChI is InChI=1S/C18H14BrF3N2O2/c19-12-5-7-13(8-6-12)24-10-11(9-16(24)25)17(26)23-15-4-2-1-3-14(15)18(20,21)22/h1-8,11H,9-10H2,(H,23,26)/t11-/m1/s1. The second kappa shape index (κ2) is 7.11. The van der Waals surface area contributed by atoms with E-state index in [4.69, 9.17) is 0 Å². The second-order valence-electron chi connectivity index (χ2n) is 5.91. The lowest BCUT2D eigenvalue weighted by Crippen LogP contribution is -2.28. The fourth-order valence-electron chi connectivity index (χ4n) is 2.83. The SMILES string of the molecule is O=C(Nc1ccccc1C(F)(F)F)[C@@H]1CC(=O)N(c2ccc(Br)cc2)C1. The third kappa shape index (κ3) is 3.90. The van der Waals surface area contributed by atoms with Gasteiger partial charge in [-0.25, -0.2) is 0 Å². The summed E-state index contributed by atoms with van der Waals surface area (Å²) >= 11 is 3.30. The number of carbonyl (C=O) groups excluding carboxylic acids is 2. The Hall–Kier alpha value is -2.35. The molecule has 8 heteroatoms. The van der Waals surface area contributed by atoms with Crippen LogP contribution in [0.25, 0.3) is 0 Å². The minimum absolute atomic E-state index is 0.0456. The molecule has 4 nitrogen and oxygen atoms in total. The quantitative estimate of drug-likeness (QED) is 0.787. The van der Waals surface area contributed by atoms with Crippen LogP contribution in [0.4, 0.5) is 24.5 Å². The number of hydrogen-bond donors (Lipinski definition) is 1. The van der Waals surface area contributed by atoms with Gasteiger partial charge in [-0.2, -0.15) is 13.2 Å². The predicted molar refractivity (Wildman–Crippen MR) is 94.7 cm³/mol. The fraction of sp³-hybridized carbons (Fsp3) is 0.222. The Kier molecular flexibility index (Phi) is 5.04. The molecule has 2 aromatic rings. The average Bonchev–Trinajstić information content (AvgIpc) is 2.97. The largest absolute Gasteiger partial charge is 0.418 e. The maximum Gasteiger partial charge on any atom is 0.418 e. The Balaban J connectivity index is 1.74. The topological polar surface area (TPSA) is 49.4 Å². The lowest BCUT2D eigenvalue weighted by atomic mass is 10.1. The van der Waals surface area contributed by atoms with Gasteiger partial charge in [0.25, 0.3) is 0 Å². The molecule has 26 heavy (non-hydrogen) atoms. The summed E-state index contributed by atoms with van der Waals surface area (Å²) in [6, 6.07) is 11.8. The molecular formula is C18H14BrF3N2O2. The van der Waals surface area contributed by atoms with Crippen molar-refractivity contribution in [1.29, 1.82) is 0 Å². The van der Waals surface area contributed by atoms with Crippen molar-refractivity contribution in [2.45, 2.75) is 12.6 Å². The molecule has 2 amide bonds. The molecule has 0 spiro atoms. The zero-order chi connectivity index (χ0) is 18.9. The number of benzene rings is 2. The van der Waals surface area contributed by atoms with E-state index in [1.165, 1.54) is 23.1 Å². The van der Waals surface area contributed by atoms with Gasteiger partial charge in [0.1, 0.15) is 0 Å². The van der Waals surface area contributed by atoms with Crippen LogP contribution >= 0.6 is 15.9 Å². The van der Waals surface area contributed by atoms with Crippen LogP contribution in [-0.4, -0.2) is 18.4 Å². The van der Waals surface area contributed by atoms with Crippen molar-refractivity contribution in [2.24, 2.45) is 5.92 Å². The van der Waals surface area contributed by atoms with E-state index in [1.54, 1.807) is 24.3 Å². The van der Waals surface area contributed by atoms with Crippen molar-refractivity contribution >= 4 is 39.1 Å². The van der Waals surface area contributed by atoms with Crippen molar-refractivity contribution < 1.29 is 22.8 Å². The van der Waals surface area contributed by atoms with E-state index in [1.807, 2.05) is 0 Å². The number of carbonyl (C=O) groups is 2. The molecule has 1 aliphatic rings. The molecule has 3 rings (SSSR count). The van der Waals surface area contributed by atoms with E-state index < -0.39 is 23.6 Å². The van der Waals surface area contributed by atoms with Crippen LogP contribution in [0, 0.1) is 5.92 Å². The number of alkyl halides is 3. The van der Waals surface area contributed by atoms with Crippen molar-refractivity contribution in [1.82, 2.24) is 0 Å². The first-order valence-corrected chi connectivity index (χ1v) is 8.58. The smallest absolute Gasteiger partial charge is 0.325 e. The highest BCUT2D eigenvalue weighted by atomic mass is 79.9. The molecule has 136 valence electrons. The molecule has 1 aliphatic heterocycles. The Bertz CT molecular complexity index is 837. The van der Waals surface area contributed by atoms with Crippen molar-refractivity contribution in [3.8, 4) is 0 Å². The van der Waals surface area contributed by atoms with Crippen molar-refractivity contribution in [3.05, 3.63) is 58.6 Å². The highest BCUT2D eigenvalue weighted by molar-refractivity contribution is 9.10. The number of anilines is 2. The summed E-state index contributed by atoms with van der Waals surface area (Å²) in [6.07, 6.45) is -4.62. The van der Waals surface area contributed by atoms with Gasteiger partial charge in [0.2, 0.25) is 11.8 Å². The van der Waals surface area contributed by atoms with Gasteiger partial charge in [0.05, 0.1) is 17.2 Å². The summed E-state index contributed by atoms with van der Waals surface area (Å²) in [5.74, 6) is -1.56. The van der Waals surface area contributed by atoms with E-state index in [-0.39, 0.29) is 24.6 Å². The van der Waals surface area contributed by atoms with Crippen LogP contribution in [0.5, 0.6) is 0 Å². The third-order valence-electron chi connectivity index (χ3n) is 4.12. The number of nitrogens with zero attached hydrogens (tertiary/aromatic N) is 1. The maximum absolute atomic E-state index is 13.0. The number of nitrogens with one attached hydrogen (secondary N) is 1. The van der Waals surface area contributed by atoms with Crippen LogP contribution in [-0.2, 0) is 15.8 Å². The van der Waals surface area contributed by atoms with Crippen LogP contribution in [0.3, 0.4) is 0 Å². The van der Waals surface area contributed by atoms with Crippen LogP contribution in [0.1, 0.15) is 12.0 Å². The molecule has 0 aromatic heterocycles. The van der Waals surface area contributed by atoms with Gasteiger partial charge in [-0.15, -0.1) is 0 Å². The predicted octanol–water partition coefficient (Wildman–Crippen LogP) is 4.46. The molecule has 0 aliphatic carbocycles. The van der Waals surface area contributed by atoms with Crippen LogP contribution < -0.4 is 10.2 Å². The minimum atomic E-state index is -4.57. The lowest BCUT2D eigenvalue weighted by Gasteiger charge is -2.18. The summed E-state index contributed by atoms with van der Waals surface area (Å²) in [5.41, 5.74) is -0.578. The molecule has 1 saturated heterocycles. The first-order valence-electron chi connectivity index (χ1n) is 7.79. The zero-order valence-corrected chi connectivity index (χ0v) is 15.0. The Labute approximate surface area is 156 Å². The first kappa shape index (κ1) is 18.4. The number of hydrogen-bond acceptors (Lipinski definition) is 2. The van der Waals surface area contributed by atoms with Gasteiger partial charge in [-0.3, -0.25) is 9.59 Å². The summed E-state index contributed by atoms with van der Waals surface area (Å²) in [7, 11) is 0. The van der Waals surface area contributed by atoms with E-state index in [9.17, 15) is 22.8 Å². The zero-order valence-electron chi connectivity index (χ0n) is 13.4. The molecule has 1 N–H and O–H groups in total. The van der Waals surface area contributed by atoms with E-state index in [0.29, 0.717) is 5.69 Å². The molecule has 0 unspecified atom stereocenters. The fourth-order valence-corrected chi connectivity index (χ4v) is 3.09. The molecular weight excluding hydrogens is 413 g/mol. The maximum atomic E-state index is 13.0. The summed E-state index contributed by atoms with van der Waals surface area (Å²) < 4.78 is 40.0. The van der Waals surface area contributed by atoms with Gasteiger partial charge >= 0.3 is 6.18 Å². The summed E-state index contributed by atoms with van der Waals surface area (Å²) in [6.45, 7) is 0.125. The van der Waals surface area contributed by atoms with E-state index in [0.717, 1.165) is 10.5 Å². The third-order valence-corrected chi connectivity index (χ3v) is 4.65. The lowest BCUT2D eigenvalue weighted by molar-refractivity contribution is -0.137. The Morgan fingerprint density at radius 1 is 1.12 bits per heavy atom. The summed E-state index contributed by atoms with van der Waals surface area (Å²) in [4.78, 5) is 26.1. The highest BCUT2D eigenvalue weighted by Gasteiger charge is 2.37. The normalized spacial score (nSPS) is 17.5. The molecule has 0 radical (unpaired) electrons. The first-order chi connectivity index (χ1) is 12.3. The molecule has 1 atom stereocenters. The minimum Gasteiger partial charge on any atom is -0.325 e.